The molecule has 106 valence electrons. The summed E-state index contributed by atoms with van der Waals surface area (Å²) in [6, 6.07) is 18.9. The van der Waals surface area contributed by atoms with Crippen LogP contribution in [0.1, 0.15) is 0 Å². The molecule has 0 saturated heterocycles. The maximum atomic E-state index is 12.7. The average Bonchev–Trinajstić information content (AvgIpc) is 2.47. The summed E-state index contributed by atoms with van der Waals surface area (Å²) in [6.07, 6.45) is 0. The van der Waals surface area contributed by atoms with Crippen LogP contribution in [0.5, 0.6) is 0 Å². The first kappa shape index (κ1) is 17.6. The minimum atomic E-state index is -2.49. The van der Waals surface area contributed by atoms with Crippen molar-refractivity contribution in [3.8, 4) is 0 Å². The van der Waals surface area contributed by atoms with Crippen LogP contribution in [0.3, 0.4) is 0 Å². The van der Waals surface area contributed by atoms with E-state index in [0.717, 1.165) is 10.6 Å². The van der Waals surface area contributed by atoms with Crippen LogP contribution in [0.15, 0.2) is 60.7 Å². The molecule has 2 atom stereocenters. The third-order valence-corrected chi connectivity index (χ3v) is 54.0. The quantitative estimate of drug-likeness (QED) is 0.365. The summed E-state index contributed by atoms with van der Waals surface area (Å²) in [5.74, 6) is 0. The molecule has 0 radical (unpaired) electrons. The third-order valence-electron chi connectivity index (χ3n) is 2.37. The SMILES string of the molecule is [O-]P(=[Se])([Se][Se]P([O-])(=[Se])c1ccccc1)c1ccccc1. The van der Waals surface area contributed by atoms with E-state index in [-0.39, 0.29) is 25.4 Å². The van der Waals surface area contributed by atoms with Gasteiger partial charge in [-0.25, -0.2) is 0 Å². The van der Waals surface area contributed by atoms with Gasteiger partial charge in [-0.1, -0.05) is 0 Å². The van der Waals surface area contributed by atoms with E-state index in [9.17, 15) is 9.79 Å². The Kier molecular flexibility index (Phi) is 6.81. The van der Waals surface area contributed by atoms with Gasteiger partial charge in [0.2, 0.25) is 0 Å². The van der Waals surface area contributed by atoms with Crippen molar-refractivity contribution in [3.05, 3.63) is 60.7 Å². The molecule has 2 aromatic rings. The van der Waals surface area contributed by atoms with E-state index >= 15 is 0 Å². The van der Waals surface area contributed by atoms with Crippen LogP contribution in [0.2, 0.25) is 0 Å². The Bertz CT molecular complexity index is 604. The molecule has 20 heavy (non-hydrogen) atoms. The first-order valence-corrected chi connectivity index (χ1v) is 22.1. The van der Waals surface area contributed by atoms with Gasteiger partial charge in [-0.2, -0.15) is 0 Å². The predicted molar refractivity (Wildman–Crippen MR) is 89.0 cm³/mol. The average molecular weight is 564 g/mol. The molecule has 0 aliphatic heterocycles. The molecule has 0 aliphatic carbocycles. The summed E-state index contributed by atoms with van der Waals surface area (Å²) in [5.41, 5.74) is 0. The van der Waals surface area contributed by atoms with Gasteiger partial charge in [-0.3, -0.25) is 0 Å². The first-order valence-electron chi connectivity index (χ1n) is 5.53. The zero-order valence-electron chi connectivity index (χ0n) is 10.1. The van der Waals surface area contributed by atoms with Gasteiger partial charge in [-0.05, 0) is 0 Å². The molecular formula is C12H10O2P2Se4-2. The van der Waals surface area contributed by atoms with Gasteiger partial charge >= 0.3 is 145 Å². The van der Waals surface area contributed by atoms with Gasteiger partial charge in [0.25, 0.3) is 0 Å². The second-order valence-electron chi connectivity index (χ2n) is 3.82. The zero-order chi connectivity index (χ0) is 14.6. The van der Waals surface area contributed by atoms with Crippen LogP contribution in [0, 0.1) is 0 Å². The topological polar surface area (TPSA) is 46.1 Å². The molecule has 0 amide bonds. The van der Waals surface area contributed by atoms with Crippen LogP contribution in [-0.2, 0) is 0 Å². The Morgan fingerprint density at radius 1 is 0.650 bits per heavy atom. The van der Waals surface area contributed by atoms with Gasteiger partial charge in [-0.15, -0.1) is 0 Å². The van der Waals surface area contributed by atoms with E-state index in [1.807, 2.05) is 60.7 Å². The fourth-order valence-corrected chi connectivity index (χ4v) is 61.4. The standard InChI is InChI=1S/C12H12O2P2Se4/c13-15(17,11-7-3-1-4-8-11)19-20-16(14,18)12-9-5-2-6-10-12/h1-10H,(H,13,17)(H,14,18)/p-2. The Morgan fingerprint density at radius 3 is 1.25 bits per heavy atom. The molecule has 0 heterocycles. The Labute approximate surface area is 144 Å². The van der Waals surface area contributed by atoms with Gasteiger partial charge in [0, 0.05) is 0 Å². The minimum absolute atomic E-state index is 0.169. The maximum absolute atomic E-state index is 12.7. The normalized spacial score (nSPS) is 17.1. The van der Waals surface area contributed by atoms with E-state index < -0.39 is 8.85 Å². The van der Waals surface area contributed by atoms with E-state index in [4.69, 9.17) is 0 Å². The molecule has 0 N–H and O–H groups in total. The van der Waals surface area contributed by atoms with Crippen molar-refractivity contribution in [2.24, 2.45) is 0 Å². The van der Waals surface area contributed by atoms with Gasteiger partial charge in [0.1, 0.15) is 0 Å². The van der Waals surface area contributed by atoms with Crippen LogP contribution in [-0.4, -0.2) is 55.6 Å². The molecule has 2 aromatic carbocycles. The number of benzene rings is 2. The number of rotatable bonds is 5. The summed E-state index contributed by atoms with van der Waals surface area (Å²) < 4.78 is -4.98. The van der Waals surface area contributed by atoms with Gasteiger partial charge in [0.15, 0.2) is 0 Å². The fraction of sp³-hybridized carbons (Fsp3) is 0. The van der Waals surface area contributed by atoms with Crippen molar-refractivity contribution in [1.29, 1.82) is 0 Å². The summed E-state index contributed by atoms with van der Waals surface area (Å²) in [6.45, 7) is 0. The molecule has 0 saturated carbocycles. The van der Waals surface area contributed by atoms with Crippen LogP contribution < -0.4 is 20.4 Å². The first-order chi connectivity index (χ1) is 9.42. The molecule has 0 aliphatic rings. The number of hydrogen-bond donors (Lipinski definition) is 0. The van der Waals surface area contributed by atoms with Crippen molar-refractivity contribution in [3.63, 3.8) is 0 Å². The fourth-order valence-electron chi connectivity index (χ4n) is 1.39. The van der Waals surface area contributed by atoms with E-state index in [1.54, 1.807) is 0 Å². The van der Waals surface area contributed by atoms with Crippen molar-refractivity contribution in [2.45, 2.75) is 0 Å². The Balaban J connectivity index is 2.12. The molecule has 2 nitrogen and oxygen atoms in total. The predicted octanol–water partition coefficient (Wildman–Crippen LogP) is -0.456. The second kappa shape index (κ2) is 7.72. The van der Waals surface area contributed by atoms with Crippen molar-refractivity contribution < 1.29 is 9.79 Å². The van der Waals surface area contributed by atoms with E-state index in [2.05, 4.69) is 30.2 Å². The summed E-state index contributed by atoms with van der Waals surface area (Å²) in [5, 5.41) is 1.69. The second-order valence-corrected chi connectivity index (χ2v) is 38.7. The summed E-state index contributed by atoms with van der Waals surface area (Å²) in [7, 11) is 0. The Hall–Kier alpha value is 1.30. The van der Waals surface area contributed by atoms with Crippen molar-refractivity contribution in [1.82, 2.24) is 0 Å². The Morgan fingerprint density at radius 2 is 0.950 bits per heavy atom. The molecule has 0 spiro atoms. The van der Waals surface area contributed by atoms with E-state index in [1.165, 1.54) is 0 Å². The van der Waals surface area contributed by atoms with Gasteiger partial charge in [0.05, 0.1) is 0 Å². The molecule has 8 heteroatoms. The zero-order valence-corrected chi connectivity index (χ0v) is 18.8. The molecule has 2 rings (SSSR count). The number of hydrogen-bond acceptors (Lipinski definition) is 2. The van der Waals surface area contributed by atoms with Crippen LogP contribution in [0.4, 0.5) is 0 Å². The summed E-state index contributed by atoms with van der Waals surface area (Å²) in [4.78, 5) is 25.5. The summed E-state index contributed by atoms with van der Waals surface area (Å²) >= 11 is 5.38. The van der Waals surface area contributed by atoms with Crippen molar-refractivity contribution >= 4 is 75.0 Å². The van der Waals surface area contributed by atoms with Crippen LogP contribution in [0.25, 0.3) is 0 Å². The van der Waals surface area contributed by atoms with Crippen LogP contribution >= 0.6 is 8.85 Å². The molecule has 0 bridgehead atoms. The monoisotopic (exact) mass is 568 g/mol. The van der Waals surface area contributed by atoms with Crippen molar-refractivity contribution in [2.75, 3.05) is 0 Å². The molecule has 0 aromatic heterocycles. The van der Waals surface area contributed by atoms with Gasteiger partial charge < -0.3 is 0 Å². The molecular weight excluding hydrogens is 554 g/mol. The molecule has 2 unspecified atom stereocenters. The molecule has 0 fully saturated rings. The van der Waals surface area contributed by atoms with E-state index in [0.29, 0.717) is 0 Å². The third kappa shape index (κ3) is 4.90.